The molecule has 1 aliphatic heterocycles. The SMILES string of the molecule is CCN(Cc1ccc(Cl)s1)C(=O)[C@@H]1C[C@H](O)CN1. The highest BCUT2D eigenvalue weighted by molar-refractivity contribution is 7.16. The van der Waals surface area contributed by atoms with Gasteiger partial charge in [0.25, 0.3) is 0 Å². The van der Waals surface area contributed by atoms with Gasteiger partial charge in [-0.25, -0.2) is 0 Å². The van der Waals surface area contributed by atoms with Gasteiger partial charge in [-0.05, 0) is 25.5 Å². The summed E-state index contributed by atoms with van der Waals surface area (Å²) in [5.74, 6) is 0.0542. The molecule has 1 saturated heterocycles. The minimum Gasteiger partial charge on any atom is -0.392 e. The first-order valence-electron chi connectivity index (χ1n) is 6.04. The number of carbonyl (C=O) groups excluding carboxylic acids is 1. The summed E-state index contributed by atoms with van der Waals surface area (Å²) in [4.78, 5) is 15.1. The van der Waals surface area contributed by atoms with E-state index < -0.39 is 6.10 Å². The number of carbonyl (C=O) groups is 1. The van der Waals surface area contributed by atoms with E-state index in [1.165, 1.54) is 11.3 Å². The van der Waals surface area contributed by atoms with Gasteiger partial charge in [-0.3, -0.25) is 4.79 Å². The van der Waals surface area contributed by atoms with Gasteiger partial charge >= 0.3 is 0 Å². The van der Waals surface area contributed by atoms with Crippen LogP contribution in [-0.2, 0) is 11.3 Å². The summed E-state index contributed by atoms with van der Waals surface area (Å²) in [6.45, 7) is 3.70. The number of rotatable bonds is 4. The number of likely N-dealkylation sites (N-methyl/N-ethyl adjacent to an activating group) is 1. The van der Waals surface area contributed by atoms with Crippen molar-refractivity contribution < 1.29 is 9.90 Å². The van der Waals surface area contributed by atoms with Crippen LogP contribution in [0, 0.1) is 0 Å². The summed E-state index contributed by atoms with van der Waals surface area (Å²) in [5, 5.41) is 12.5. The van der Waals surface area contributed by atoms with Crippen LogP contribution in [0.2, 0.25) is 4.34 Å². The molecule has 1 aliphatic rings. The lowest BCUT2D eigenvalue weighted by Crippen LogP contribution is -2.43. The molecule has 0 aromatic carbocycles. The number of amides is 1. The molecule has 0 radical (unpaired) electrons. The molecule has 1 fully saturated rings. The molecule has 1 amide bonds. The van der Waals surface area contributed by atoms with Gasteiger partial charge in [0.15, 0.2) is 0 Å². The molecule has 0 unspecified atom stereocenters. The van der Waals surface area contributed by atoms with Crippen molar-refractivity contribution in [1.82, 2.24) is 10.2 Å². The zero-order valence-corrected chi connectivity index (χ0v) is 11.8. The highest BCUT2D eigenvalue weighted by Crippen LogP contribution is 2.23. The molecule has 2 rings (SSSR count). The average molecular weight is 289 g/mol. The lowest BCUT2D eigenvalue weighted by Gasteiger charge is -2.23. The maximum absolute atomic E-state index is 12.3. The third kappa shape index (κ3) is 3.23. The molecular formula is C12H17ClN2O2S. The van der Waals surface area contributed by atoms with Crippen LogP contribution < -0.4 is 5.32 Å². The molecule has 0 saturated carbocycles. The fourth-order valence-electron chi connectivity index (χ4n) is 2.10. The van der Waals surface area contributed by atoms with Crippen LogP contribution in [0.1, 0.15) is 18.2 Å². The van der Waals surface area contributed by atoms with E-state index >= 15 is 0 Å². The van der Waals surface area contributed by atoms with E-state index in [4.69, 9.17) is 11.6 Å². The number of hydrogen-bond acceptors (Lipinski definition) is 4. The maximum atomic E-state index is 12.3. The lowest BCUT2D eigenvalue weighted by molar-refractivity contribution is -0.133. The maximum Gasteiger partial charge on any atom is 0.240 e. The first kappa shape index (κ1) is 13.8. The van der Waals surface area contributed by atoms with Gasteiger partial charge in [0.1, 0.15) is 0 Å². The van der Waals surface area contributed by atoms with Crippen LogP contribution >= 0.6 is 22.9 Å². The van der Waals surface area contributed by atoms with Crippen LogP contribution in [0.4, 0.5) is 0 Å². The smallest absolute Gasteiger partial charge is 0.240 e. The van der Waals surface area contributed by atoms with Gasteiger partial charge in [-0.2, -0.15) is 0 Å². The highest BCUT2D eigenvalue weighted by Gasteiger charge is 2.30. The highest BCUT2D eigenvalue weighted by atomic mass is 35.5. The van der Waals surface area contributed by atoms with Gasteiger partial charge in [0.05, 0.1) is 23.0 Å². The van der Waals surface area contributed by atoms with E-state index in [-0.39, 0.29) is 11.9 Å². The Labute approximate surface area is 116 Å². The third-order valence-electron chi connectivity index (χ3n) is 3.07. The molecular weight excluding hydrogens is 272 g/mol. The molecule has 1 aromatic heterocycles. The Morgan fingerprint density at radius 2 is 2.44 bits per heavy atom. The number of aliphatic hydroxyl groups is 1. The number of hydrogen-bond donors (Lipinski definition) is 2. The second-order valence-corrected chi connectivity index (χ2v) is 6.21. The second-order valence-electron chi connectivity index (χ2n) is 4.41. The van der Waals surface area contributed by atoms with Gasteiger partial charge < -0.3 is 15.3 Å². The number of nitrogens with one attached hydrogen (secondary N) is 1. The summed E-state index contributed by atoms with van der Waals surface area (Å²) in [6, 6.07) is 3.53. The van der Waals surface area contributed by atoms with Crippen molar-refractivity contribution in [3.8, 4) is 0 Å². The zero-order valence-electron chi connectivity index (χ0n) is 10.2. The number of thiophene rings is 1. The summed E-state index contributed by atoms with van der Waals surface area (Å²) in [6.07, 6.45) is 0.0920. The predicted molar refractivity (Wildman–Crippen MR) is 72.8 cm³/mol. The van der Waals surface area contributed by atoms with Crippen LogP contribution in [-0.4, -0.2) is 41.1 Å². The molecule has 6 heteroatoms. The summed E-state index contributed by atoms with van der Waals surface area (Å²) in [7, 11) is 0. The molecule has 2 atom stereocenters. The molecule has 18 heavy (non-hydrogen) atoms. The minimum atomic E-state index is -0.408. The van der Waals surface area contributed by atoms with Crippen LogP contribution in [0.15, 0.2) is 12.1 Å². The van der Waals surface area contributed by atoms with Crippen molar-refractivity contribution in [3.05, 3.63) is 21.3 Å². The van der Waals surface area contributed by atoms with Gasteiger partial charge in [-0.15, -0.1) is 11.3 Å². The minimum absolute atomic E-state index is 0.0542. The molecule has 1 aromatic rings. The molecule has 4 nitrogen and oxygen atoms in total. The molecule has 0 spiro atoms. The Kier molecular flexibility index (Phi) is 4.61. The lowest BCUT2D eigenvalue weighted by atomic mass is 10.2. The van der Waals surface area contributed by atoms with Crippen molar-refractivity contribution in [1.29, 1.82) is 0 Å². The third-order valence-corrected chi connectivity index (χ3v) is 4.29. The Morgan fingerprint density at radius 3 is 2.94 bits per heavy atom. The molecule has 0 bridgehead atoms. The Balaban J connectivity index is 1.97. The predicted octanol–water partition coefficient (Wildman–Crippen LogP) is 1.47. The van der Waals surface area contributed by atoms with Gasteiger partial charge in [0.2, 0.25) is 5.91 Å². The van der Waals surface area contributed by atoms with E-state index in [9.17, 15) is 9.90 Å². The Bertz CT molecular complexity index is 424. The topological polar surface area (TPSA) is 52.6 Å². The summed E-state index contributed by atoms with van der Waals surface area (Å²) >= 11 is 7.38. The first-order chi connectivity index (χ1) is 8.60. The summed E-state index contributed by atoms with van der Waals surface area (Å²) < 4.78 is 0.739. The van der Waals surface area contributed by atoms with Crippen LogP contribution in [0.3, 0.4) is 0 Å². The number of nitrogens with zero attached hydrogens (tertiary/aromatic N) is 1. The number of aliphatic hydroxyl groups excluding tert-OH is 1. The second kappa shape index (κ2) is 6.02. The fourth-order valence-corrected chi connectivity index (χ4v) is 3.20. The molecule has 2 heterocycles. The van der Waals surface area contributed by atoms with Gasteiger partial charge in [0, 0.05) is 18.0 Å². The van der Waals surface area contributed by atoms with Crippen molar-refractivity contribution in [2.24, 2.45) is 0 Å². The van der Waals surface area contributed by atoms with E-state index in [0.29, 0.717) is 26.1 Å². The number of halogens is 1. The van der Waals surface area contributed by atoms with Crippen molar-refractivity contribution >= 4 is 28.8 Å². The van der Waals surface area contributed by atoms with E-state index in [1.54, 1.807) is 4.90 Å². The average Bonchev–Trinajstić information content (AvgIpc) is 2.94. The molecule has 0 aliphatic carbocycles. The van der Waals surface area contributed by atoms with Crippen molar-refractivity contribution in [2.75, 3.05) is 13.1 Å². The molecule has 100 valence electrons. The van der Waals surface area contributed by atoms with Gasteiger partial charge in [-0.1, -0.05) is 11.6 Å². The van der Waals surface area contributed by atoms with E-state index in [2.05, 4.69) is 5.32 Å². The molecule has 2 N–H and O–H groups in total. The fraction of sp³-hybridized carbons (Fsp3) is 0.583. The standard InChI is InChI=1S/C12H17ClN2O2S/c1-2-15(7-9-3-4-11(13)18-9)12(17)10-5-8(16)6-14-10/h3-4,8,10,14,16H,2,5-7H2,1H3/t8-,10-/m0/s1. The summed E-state index contributed by atoms with van der Waals surface area (Å²) in [5.41, 5.74) is 0. The normalized spacial score (nSPS) is 23.3. The van der Waals surface area contributed by atoms with E-state index in [0.717, 1.165) is 9.21 Å². The number of β-amino-alcohol motifs (C(OH)–C–C–N with tert-alkyl or cyclic N) is 1. The van der Waals surface area contributed by atoms with Crippen molar-refractivity contribution in [3.63, 3.8) is 0 Å². The van der Waals surface area contributed by atoms with E-state index in [1.807, 2.05) is 19.1 Å². The first-order valence-corrected chi connectivity index (χ1v) is 7.24. The zero-order chi connectivity index (χ0) is 13.1. The largest absolute Gasteiger partial charge is 0.392 e. The quantitative estimate of drug-likeness (QED) is 0.882. The van der Waals surface area contributed by atoms with Crippen molar-refractivity contribution in [2.45, 2.75) is 32.0 Å². The Hall–Kier alpha value is -0.620. The van der Waals surface area contributed by atoms with Crippen LogP contribution in [0.25, 0.3) is 0 Å². The Morgan fingerprint density at radius 1 is 1.67 bits per heavy atom. The van der Waals surface area contributed by atoms with Crippen LogP contribution in [0.5, 0.6) is 0 Å². The monoisotopic (exact) mass is 288 g/mol.